The van der Waals surface area contributed by atoms with Gasteiger partial charge >= 0.3 is 0 Å². The zero-order chi connectivity index (χ0) is 22.7. The van der Waals surface area contributed by atoms with Gasteiger partial charge in [0.1, 0.15) is 0 Å². The molecule has 5 rings (SSSR count). The molecule has 1 heterocycles. The van der Waals surface area contributed by atoms with Crippen LogP contribution in [-0.2, 0) is 15.6 Å². The van der Waals surface area contributed by atoms with Gasteiger partial charge in [0.2, 0.25) is 5.91 Å². The molecule has 1 spiro atoms. The smallest absolute Gasteiger partial charge is 0.230 e. The fourth-order valence-electron chi connectivity index (χ4n) is 6.29. The van der Waals surface area contributed by atoms with Gasteiger partial charge in [-0.1, -0.05) is 79.4 Å². The van der Waals surface area contributed by atoms with Crippen LogP contribution in [-0.4, -0.2) is 37.0 Å². The fourth-order valence-corrected chi connectivity index (χ4v) is 6.42. The van der Waals surface area contributed by atoms with Crippen molar-refractivity contribution in [1.29, 1.82) is 0 Å². The molecule has 0 bridgehead atoms. The van der Waals surface area contributed by atoms with Crippen LogP contribution in [0.2, 0.25) is 5.02 Å². The van der Waals surface area contributed by atoms with E-state index >= 15 is 0 Å². The molecule has 2 fully saturated rings. The standard InChI is InChI=1S/C29H35ClN2O/c30-25-11-9-24(10-12-25)29(14-4-1-5-15-29)27(33)31-19-6-20-32-21-17-28(18-22-32)16-13-23-7-2-3-8-26(23)28/h2-3,7-13,16H,1,4-6,14-15,17-22H2,(H,31,33). The van der Waals surface area contributed by atoms with Crippen LogP contribution in [0, 0.1) is 0 Å². The second kappa shape index (κ2) is 9.64. The topological polar surface area (TPSA) is 32.3 Å². The van der Waals surface area contributed by atoms with Crippen molar-refractivity contribution in [2.45, 2.75) is 62.2 Å². The van der Waals surface area contributed by atoms with E-state index in [0.717, 1.165) is 68.9 Å². The number of benzene rings is 2. The number of nitrogens with one attached hydrogen (secondary N) is 1. The third kappa shape index (κ3) is 4.50. The highest BCUT2D eigenvalue weighted by Gasteiger charge is 2.41. The van der Waals surface area contributed by atoms with Crippen molar-refractivity contribution >= 4 is 23.6 Å². The molecule has 0 radical (unpaired) electrons. The number of amides is 1. The Morgan fingerprint density at radius 1 is 0.939 bits per heavy atom. The van der Waals surface area contributed by atoms with Gasteiger partial charge in [-0.05, 0) is 80.6 Å². The Morgan fingerprint density at radius 3 is 2.42 bits per heavy atom. The third-order valence-electron chi connectivity index (χ3n) is 8.30. The van der Waals surface area contributed by atoms with E-state index in [0.29, 0.717) is 0 Å². The number of likely N-dealkylation sites (tertiary alicyclic amines) is 1. The Hall–Kier alpha value is -2.10. The van der Waals surface area contributed by atoms with E-state index in [1.165, 1.54) is 30.4 Å². The highest BCUT2D eigenvalue weighted by molar-refractivity contribution is 6.30. The molecular formula is C29H35ClN2O. The first-order valence-corrected chi connectivity index (χ1v) is 13.0. The molecule has 1 amide bonds. The zero-order valence-corrected chi connectivity index (χ0v) is 20.2. The normalized spacial score (nSPS) is 21.1. The van der Waals surface area contributed by atoms with Gasteiger partial charge < -0.3 is 10.2 Å². The quantitative estimate of drug-likeness (QED) is 0.525. The Kier molecular flexibility index (Phi) is 6.62. The van der Waals surface area contributed by atoms with Gasteiger partial charge in [-0.2, -0.15) is 0 Å². The number of carbonyl (C=O) groups excluding carboxylic acids is 1. The number of rotatable bonds is 6. The fraction of sp³-hybridized carbons (Fsp3) is 0.483. The third-order valence-corrected chi connectivity index (χ3v) is 8.55. The second-order valence-electron chi connectivity index (χ2n) is 10.2. The van der Waals surface area contributed by atoms with Crippen molar-refractivity contribution in [2.75, 3.05) is 26.2 Å². The van der Waals surface area contributed by atoms with Crippen molar-refractivity contribution in [3.05, 3.63) is 76.3 Å². The lowest BCUT2D eigenvalue weighted by Gasteiger charge is -2.39. The highest BCUT2D eigenvalue weighted by atomic mass is 35.5. The molecule has 1 saturated carbocycles. The summed E-state index contributed by atoms with van der Waals surface area (Å²) >= 11 is 6.11. The molecule has 33 heavy (non-hydrogen) atoms. The maximum Gasteiger partial charge on any atom is 0.230 e. The van der Waals surface area contributed by atoms with E-state index in [1.807, 2.05) is 24.3 Å². The van der Waals surface area contributed by atoms with Crippen LogP contribution in [0.5, 0.6) is 0 Å². The molecule has 3 aliphatic rings. The Labute approximate surface area is 203 Å². The molecule has 2 aromatic rings. The predicted octanol–water partition coefficient (Wildman–Crippen LogP) is 6.11. The lowest BCUT2D eigenvalue weighted by atomic mass is 9.68. The van der Waals surface area contributed by atoms with Crippen molar-refractivity contribution in [1.82, 2.24) is 10.2 Å². The summed E-state index contributed by atoms with van der Waals surface area (Å²) in [6.07, 6.45) is 13.4. The van der Waals surface area contributed by atoms with Crippen LogP contribution < -0.4 is 5.32 Å². The summed E-state index contributed by atoms with van der Waals surface area (Å²) in [5.74, 6) is 0.204. The number of nitrogens with zero attached hydrogens (tertiary/aromatic N) is 1. The molecule has 0 aromatic heterocycles. The molecule has 0 unspecified atom stereocenters. The van der Waals surface area contributed by atoms with Gasteiger partial charge in [-0.3, -0.25) is 4.79 Å². The Bertz CT molecular complexity index is 999. The van der Waals surface area contributed by atoms with Crippen LogP contribution in [0.25, 0.3) is 6.08 Å². The summed E-state index contributed by atoms with van der Waals surface area (Å²) < 4.78 is 0. The number of fused-ring (bicyclic) bond motifs is 2. The largest absolute Gasteiger partial charge is 0.355 e. The van der Waals surface area contributed by atoms with E-state index < -0.39 is 0 Å². The Morgan fingerprint density at radius 2 is 1.67 bits per heavy atom. The molecule has 4 heteroatoms. The highest BCUT2D eigenvalue weighted by Crippen LogP contribution is 2.43. The molecule has 1 N–H and O–H groups in total. The Balaban J connectivity index is 1.12. The summed E-state index contributed by atoms with van der Waals surface area (Å²) in [6, 6.07) is 16.8. The predicted molar refractivity (Wildman–Crippen MR) is 137 cm³/mol. The second-order valence-corrected chi connectivity index (χ2v) is 10.6. The van der Waals surface area contributed by atoms with Crippen LogP contribution in [0.15, 0.2) is 54.6 Å². The summed E-state index contributed by atoms with van der Waals surface area (Å²) in [5, 5.41) is 4.02. The molecule has 3 nitrogen and oxygen atoms in total. The van der Waals surface area contributed by atoms with E-state index in [9.17, 15) is 4.79 Å². The SMILES string of the molecule is O=C(NCCCN1CCC2(C=Cc3ccccc32)CC1)C1(c2ccc(Cl)cc2)CCCCC1. The summed E-state index contributed by atoms with van der Waals surface area (Å²) in [4.78, 5) is 15.9. The van der Waals surface area contributed by atoms with Crippen molar-refractivity contribution in [2.24, 2.45) is 0 Å². The molecule has 2 aliphatic carbocycles. The van der Waals surface area contributed by atoms with Gasteiger partial charge in [0.25, 0.3) is 0 Å². The first-order chi connectivity index (χ1) is 16.1. The minimum absolute atomic E-state index is 0.204. The van der Waals surface area contributed by atoms with E-state index in [1.54, 1.807) is 0 Å². The number of piperidine rings is 1. The van der Waals surface area contributed by atoms with E-state index in [-0.39, 0.29) is 16.7 Å². The minimum atomic E-state index is -0.386. The summed E-state index contributed by atoms with van der Waals surface area (Å²) in [6.45, 7) is 4.05. The first-order valence-electron chi connectivity index (χ1n) is 12.7. The van der Waals surface area contributed by atoms with Crippen LogP contribution in [0.1, 0.15) is 68.1 Å². The maximum atomic E-state index is 13.4. The molecule has 2 aromatic carbocycles. The van der Waals surface area contributed by atoms with E-state index in [2.05, 4.69) is 46.6 Å². The van der Waals surface area contributed by atoms with Crippen molar-refractivity contribution in [3.63, 3.8) is 0 Å². The minimum Gasteiger partial charge on any atom is -0.355 e. The van der Waals surface area contributed by atoms with Crippen molar-refractivity contribution in [3.8, 4) is 0 Å². The van der Waals surface area contributed by atoms with E-state index in [4.69, 9.17) is 11.6 Å². The number of hydrogen-bond donors (Lipinski definition) is 1. The molecule has 174 valence electrons. The van der Waals surface area contributed by atoms with Gasteiger partial charge in [-0.15, -0.1) is 0 Å². The number of allylic oxidation sites excluding steroid dienone is 1. The average Bonchev–Trinajstić information content (AvgIpc) is 3.22. The van der Waals surface area contributed by atoms with Crippen LogP contribution in [0.4, 0.5) is 0 Å². The molecule has 1 saturated heterocycles. The lowest BCUT2D eigenvalue weighted by molar-refractivity contribution is -0.128. The maximum absolute atomic E-state index is 13.4. The number of hydrogen-bond acceptors (Lipinski definition) is 2. The van der Waals surface area contributed by atoms with Gasteiger partial charge in [0.15, 0.2) is 0 Å². The van der Waals surface area contributed by atoms with Gasteiger partial charge in [-0.25, -0.2) is 0 Å². The zero-order valence-electron chi connectivity index (χ0n) is 19.5. The van der Waals surface area contributed by atoms with Crippen LogP contribution >= 0.6 is 11.6 Å². The number of carbonyl (C=O) groups is 1. The molecular weight excluding hydrogens is 428 g/mol. The summed E-state index contributed by atoms with van der Waals surface area (Å²) in [5.41, 5.74) is 3.88. The van der Waals surface area contributed by atoms with Crippen LogP contribution in [0.3, 0.4) is 0 Å². The molecule has 1 aliphatic heterocycles. The monoisotopic (exact) mass is 462 g/mol. The average molecular weight is 463 g/mol. The number of halogens is 1. The first kappa shape index (κ1) is 22.7. The van der Waals surface area contributed by atoms with Gasteiger partial charge in [0, 0.05) is 17.0 Å². The lowest BCUT2D eigenvalue weighted by Crippen LogP contribution is -2.47. The van der Waals surface area contributed by atoms with Gasteiger partial charge in [0.05, 0.1) is 5.41 Å². The van der Waals surface area contributed by atoms with Crippen molar-refractivity contribution < 1.29 is 4.79 Å². The summed E-state index contributed by atoms with van der Waals surface area (Å²) in [7, 11) is 0. The molecule has 0 atom stereocenters.